The van der Waals surface area contributed by atoms with E-state index in [1.54, 1.807) is 4.40 Å². The van der Waals surface area contributed by atoms with Crippen molar-refractivity contribution in [1.29, 1.82) is 0 Å². The quantitative estimate of drug-likeness (QED) is 0.378. The monoisotopic (exact) mass is 571 g/mol. The lowest BCUT2D eigenvalue weighted by atomic mass is 9.63. The first-order valence-electron chi connectivity index (χ1n) is 12.7. The summed E-state index contributed by atoms with van der Waals surface area (Å²) in [4.78, 5) is 9.34. The fraction of sp³-hybridized carbons (Fsp3) is 0.519. The van der Waals surface area contributed by atoms with Crippen LogP contribution in [0.5, 0.6) is 0 Å². The van der Waals surface area contributed by atoms with Crippen molar-refractivity contribution in [2.75, 3.05) is 41.3 Å². The summed E-state index contributed by atoms with van der Waals surface area (Å²) in [6.07, 6.45) is 12.7. The van der Waals surface area contributed by atoms with Crippen molar-refractivity contribution in [3.8, 4) is 0 Å². The van der Waals surface area contributed by atoms with Crippen LogP contribution in [0.1, 0.15) is 50.5 Å². The number of imidazole rings is 1. The average Bonchev–Trinajstić information content (AvgIpc) is 3.43. The van der Waals surface area contributed by atoms with Crippen LogP contribution in [-0.2, 0) is 6.54 Å². The lowest BCUT2D eigenvalue weighted by Crippen LogP contribution is -2.60. The first-order chi connectivity index (χ1) is 16.5. The zero-order valence-corrected chi connectivity index (χ0v) is 21.7. The molecule has 0 unspecified atom stereocenters. The molecule has 4 aliphatic rings. The fourth-order valence-electron chi connectivity index (χ4n) is 6.37. The summed E-state index contributed by atoms with van der Waals surface area (Å²) in [6.45, 7) is 5.16. The maximum atomic E-state index is 14.6. The lowest BCUT2D eigenvalue weighted by Gasteiger charge is -2.56. The van der Waals surface area contributed by atoms with E-state index in [0.717, 1.165) is 49.7 Å². The summed E-state index contributed by atoms with van der Waals surface area (Å²) in [5.41, 5.74) is 6.53. The molecule has 3 aromatic rings. The molecule has 2 spiro atoms. The SMILES string of the molecule is Fc1cnc2c(N3CC4(CCC4)C3)cc(NCc3ccc(I)cc3N3CCC4(CC3)CC4)cn12. The van der Waals surface area contributed by atoms with Crippen LogP contribution in [-0.4, -0.2) is 35.6 Å². The van der Waals surface area contributed by atoms with Crippen LogP contribution in [0.25, 0.3) is 5.65 Å². The van der Waals surface area contributed by atoms with Crippen molar-refractivity contribution in [3.05, 3.63) is 51.7 Å². The van der Waals surface area contributed by atoms with E-state index < -0.39 is 0 Å². The Morgan fingerprint density at radius 2 is 1.74 bits per heavy atom. The second kappa shape index (κ2) is 7.73. The normalized spacial score (nSPS) is 22.2. The number of rotatable bonds is 5. The van der Waals surface area contributed by atoms with E-state index in [1.807, 2.05) is 6.20 Å². The molecule has 34 heavy (non-hydrogen) atoms. The van der Waals surface area contributed by atoms with E-state index in [-0.39, 0.29) is 5.95 Å². The van der Waals surface area contributed by atoms with E-state index in [0.29, 0.717) is 10.8 Å². The molecule has 4 heterocycles. The number of aromatic nitrogens is 2. The molecule has 1 N–H and O–H groups in total. The van der Waals surface area contributed by atoms with Gasteiger partial charge in [0.25, 0.3) is 0 Å². The predicted molar refractivity (Wildman–Crippen MR) is 143 cm³/mol. The molecule has 0 bridgehead atoms. The van der Waals surface area contributed by atoms with Crippen LogP contribution in [0.4, 0.5) is 21.5 Å². The Balaban J connectivity index is 1.14. The highest BCUT2D eigenvalue weighted by Crippen LogP contribution is 2.54. The molecular weight excluding hydrogens is 540 g/mol. The molecule has 0 amide bonds. The Morgan fingerprint density at radius 3 is 2.44 bits per heavy atom. The number of nitrogens with one attached hydrogen (secondary N) is 1. The van der Waals surface area contributed by atoms with Crippen LogP contribution >= 0.6 is 22.6 Å². The molecule has 178 valence electrons. The second-order valence-electron chi connectivity index (χ2n) is 11.2. The summed E-state index contributed by atoms with van der Waals surface area (Å²) >= 11 is 2.42. The molecule has 2 saturated heterocycles. The first-order valence-corrected chi connectivity index (χ1v) is 13.8. The van der Waals surface area contributed by atoms with E-state index in [1.165, 1.54) is 66.0 Å². The Kier molecular flexibility index (Phi) is 4.84. The number of fused-ring (bicyclic) bond motifs is 1. The van der Waals surface area contributed by atoms with Gasteiger partial charge >= 0.3 is 0 Å². The number of pyridine rings is 1. The van der Waals surface area contributed by atoms with Crippen LogP contribution in [0.2, 0.25) is 0 Å². The number of nitrogens with zero attached hydrogens (tertiary/aromatic N) is 4. The molecule has 0 radical (unpaired) electrons. The van der Waals surface area contributed by atoms with Gasteiger partial charge in [-0.05, 0) is 90.3 Å². The molecule has 1 aromatic carbocycles. The standard InChI is InChI=1S/C27H31FIN5/c28-24-15-31-25-23(33-17-27(18-33)4-1-5-27)13-21(16-34(24)25)30-14-19-2-3-20(29)12-22(19)32-10-8-26(6-7-26)9-11-32/h2-3,12-13,15-16,30H,1,4-11,14,17-18H2. The van der Waals surface area contributed by atoms with Gasteiger partial charge in [0.1, 0.15) is 0 Å². The molecule has 2 aliphatic heterocycles. The minimum Gasteiger partial charge on any atom is -0.380 e. The van der Waals surface area contributed by atoms with Crippen LogP contribution < -0.4 is 15.1 Å². The summed E-state index contributed by atoms with van der Waals surface area (Å²) in [6, 6.07) is 8.93. The van der Waals surface area contributed by atoms with Gasteiger partial charge in [-0.25, -0.2) is 4.98 Å². The topological polar surface area (TPSA) is 35.8 Å². The number of piperidine rings is 1. The van der Waals surface area contributed by atoms with Crippen molar-refractivity contribution in [2.45, 2.75) is 51.5 Å². The summed E-state index contributed by atoms with van der Waals surface area (Å²) in [5, 5.41) is 3.62. The highest BCUT2D eigenvalue weighted by Gasteiger charge is 2.48. The third kappa shape index (κ3) is 3.57. The highest BCUT2D eigenvalue weighted by molar-refractivity contribution is 14.1. The van der Waals surface area contributed by atoms with Gasteiger partial charge < -0.3 is 15.1 Å². The minimum atomic E-state index is -0.309. The van der Waals surface area contributed by atoms with Crippen LogP contribution in [0.15, 0.2) is 36.7 Å². The highest BCUT2D eigenvalue weighted by atomic mass is 127. The average molecular weight is 571 g/mol. The van der Waals surface area contributed by atoms with E-state index in [9.17, 15) is 4.39 Å². The molecule has 2 saturated carbocycles. The number of anilines is 3. The summed E-state index contributed by atoms with van der Waals surface area (Å²) < 4.78 is 17.4. The van der Waals surface area contributed by atoms with Gasteiger partial charge in [0.15, 0.2) is 5.65 Å². The molecule has 0 atom stereocenters. The van der Waals surface area contributed by atoms with Crippen molar-refractivity contribution >= 4 is 45.3 Å². The van der Waals surface area contributed by atoms with Crippen molar-refractivity contribution in [3.63, 3.8) is 0 Å². The maximum Gasteiger partial charge on any atom is 0.218 e. The Bertz CT molecular complexity index is 1240. The molecule has 7 rings (SSSR count). The largest absolute Gasteiger partial charge is 0.380 e. The van der Waals surface area contributed by atoms with Crippen molar-refractivity contribution < 1.29 is 4.39 Å². The van der Waals surface area contributed by atoms with Gasteiger partial charge in [-0.3, -0.25) is 4.40 Å². The Morgan fingerprint density at radius 1 is 0.941 bits per heavy atom. The number of hydrogen-bond acceptors (Lipinski definition) is 4. The third-order valence-corrected chi connectivity index (χ3v) is 9.67. The molecule has 7 heteroatoms. The predicted octanol–water partition coefficient (Wildman–Crippen LogP) is 6.06. The summed E-state index contributed by atoms with van der Waals surface area (Å²) in [5.74, 6) is -0.309. The molecule has 2 aliphatic carbocycles. The number of hydrogen-bond donors (Lipinski definition) is 1. The summed E-state index contributed by atoms with van der Waals surface area (Å²) in [7, 11) is 0. The van der Waals surface area contributed by atoms with Gasteiger partial charge in [-0.1, -0.05) is 12.5 Å². The van der Waals surface area contributed by atoms with Crippen molar-refractivity contribution in [1.82, 2.24) is 9.38 Å². The molecule has 5 nitrogen and oxygen atoms in total. The lowest BCUT2D eigenvalue weighted by molar-refractivity contribution is 0.0906. The molecular formula is C27H31FIN5. The molecule has 2 aromatic heterocycles. The second-order valence-corrected chi connectivity index (χ2v) is 12.5. The van der Waals surface area contributed by atoms with Gasteiger partial charge in [0.05, 0.1) is 17.6 Å². The number of benzene rings is 1. The smallest absolute Gasteiger partial charge is 0.218 e. The van der Waals surface area contributed by atoms with Crippen LogP contribution in [0, 0.1) is 20.3 Å². The third-order valence-electron chi connectivity index (χ3n) is 9.00. The first kappa shape index (κ1) is 21.3. The van der Waals surface area contributed by atoms with Gasteiger partial charge in [-0.15, -0.1) is 0 Å². The zero-order chi connectivity index (χ0) is 22.9. The maximum absolute atomic E-state index is 14.6. The molecule has 4 fully saturated rings. The Hall–Kier alpha value is -2.03. The Labute approximate surface area is 213 Å². The van der Waals surface area contributed by atoms with Gasteiger partial charge in [0, 0.05) is 53.6 Å². The number of halogens is 2. The van der Waals surface area contributed by atoms with E-state index in [4.69, 9.17) is 0 Å². The van der Waals surface area contributed by atoms with Crippen LogP contribution in [0.3, 0.4) is 0 Å². The van der Waals surface area contributed by atoms with E-state index >= 15 is 0 Å². The fourth-order valence-corrected chi connectivity index (χ4v) is 6.85. The van der Waals surface area contributed by atoms with Crippen molar-refractivity contribution in [2.24, 2.45) is 10.8 Å². The van der Waals surface area contributed by atoms with Gasteiger partial charge in [-0.2, -0.15) is 4.39 Å². The zero-order valence-electron chi connectivity index (χ0n) is 19.5. The van der Waals surface area contributed by atoms with Gasteiger partial charge in [0.2, 0.25) is 5.95 Å². The van der Waals surface area contributed by atoms with E-state index in [2.05, 4.69) is 67.0 Å². The minimum absolute atomic E-state index is 0.309.